The molecular formula is C9H18NO2P. The third-order valence-corrected chi connectivity index (χ3v) is 4.13. The van der Waals surface area contributed by atoms with Crippen molar-refractivity contribution < 1.29 is 9.09 Å². The van der Waals surface area contributed by atoms with Gasteiger partial charge in [0, 0.05) is 26.7 Å². The van der Waals surface area contributed by atoms with Crippen molar-refractivity contribution in [2.75, 3.05) is 27.4 Å². The fourth-order valence-electron chi connectivity index (χ4n) is 0.889. The zero-order valence-corrected chi connectivity index (χ0v) is 9.51. The molecule has 0 saturated heterocycles. The average molecular weight is 203 g/mol. The van der Waals surface area contributed by atoms with Crippen molar-refractivity contribution in [2.24, 2.45) is 0 Å². The van der Waals surface area contributed by atoms with Crippen molar-refractivity contribution in [3.8, 4) is 12.3 Å². The first-order valence-electron chi connectivity index (χ1n) is 4.33. The molecule has 0 N–H and O–H groups in total. The lowest BCUT2D eigenvalue weighted by Gasteiger charge is -2.22. The number of unbranched alkanes of at least 4 members (excludes halogenated alkanes) is 2. The molecule has 0 aliphatic heterocycles. The van der Waals surface area contributed by atoms with Gasteiger partial charge in [0.25, 0.3) is 7.52 Å². The van der Waals surface area contributed by atoms with Crippen LogP contribution in [0.25, 0.3) is 0 Å². The smallest absolute Gasteiger partial charge is 0.268 e. The summed E-state index contributed by atoms with van der Waals surface area (Å²) in [4.78, 5) is 0. The Kier molecular flexibility index (Phi) is 6.07. The van der Waals surface area contributed by atoms with E-state index in [1.54, 1.807) is 18.4 Å². The lowest BCUT2D eigenvalue weighted by atomic mass is 10.2. The Morgan fingerprint density at radius 1 is 1.54 bits per heavy atom. The van der Waals surface area contributed by atoms with Crippen LogP contribution in [0.15, 0.2) is 0 Å². The van der Waals surface area contributed by atoms with Gasteiger partial charge in [0.1, 0.15) is 0 Å². The summed E-state index contributed by atoms with van der Waals surface area (Å²) < 4.78 is 18.3. The summed E-state index contributed by atoms with van der Waals surface area (Å²) in [6.07, 6.45) is 7.84. The molecule has 0 saturated carbocycles. The van der Waals surface area contributed by atoms with Crippen molar-refractivity contribution >= 4 is 7.52 Å². The maximum Gasteiger partial charge on any atom is 0.268 e. The van der Waals surface area contributed by atoms with Gasteiger partial charge in [-0.3, -0.25) is 4.57 Å². The molecule has 13 heavy (non-hydrogen) atoms. The molecule has 0 amide bonds. The first-order valence-corrected chi connectivity index (χ1v) is 6.35. The van der Waals surface area contributed by atoms with E-state index >= 15 is 0 Å². The maximum absolute atomic E-state index is 11.6. The van der Waals surface area contributed by atoms with Crippen LogP contribution in [0.3, 0.4) is 0 Å². The van der Waals surface area contributed by atoms with Crippen LogP contribution in [0.5, 0.6) is 0 Å². The van der Waals surface area contributed by atoms with Crippen LogP contribution in [-0.2, 0) is 9.09 Å². The van der Waals surface area contributed by atoms with Crippen LogP contribution in [0.1, 0.15) is 19.3 Å². The number of hydrogen-bond acceptors (Lipinski definition) is 2. The van der Waals surface area contributed by atoms with Crippen molar-refractivity contribution in [2.45, 2.75) is 19.3 Å². The fraction of sp³-hybridized carbons (Fsp3) is 0.778. The number of hydrogen-bond donors (Lipinski definition) is 0. The highest BCUT2D eigenvalue weighted by atomic mass is 31.2. The Hall–Kier alpha value is -0.290. The number of nitrogens with zero attached hydrogens (tertiary/aromatic N) is 1. The monoisotopic (exact) mass is 203 g/mol. The largest absolute Gasteiger partial charge is 0.321 e. The van der Waals surface area contributed by atoms with E-state index in [2.05, 4.69) is 5.92 Å². The van der Waals surface area contributed by atoms with Gasteiger partial charge >= 0.3 is 0 Å². The predicted molar refractivity (Wildman–Crippen MR) is 55.9 cm³/mol. The van der Waals surface area contributed by atoms with Gasteiger partial charge in [-0.25, -0.2) is 4.67 Å². The molecule has 0 heterocycles. The molecule has 0 aliphatic carbocycles. The standard InChI is InChI=1S/C9H18NO2P/c1-5-6-7-8-9-10(2)13(4,11)12-3/h1H,6-9H2,2-4H3. The van der Waals surface area contributed by atoms with Crippen LogP contribution in [0.2, 0.25) is 0 Å². The van der Waals surface area contributed by atoms with Gasteiger partial charge in [0.2, 0.25) is 0 Å². The molecule has 0 aliphatic rings. The summed E-state index contributed by atoms with van der Waals surface area (Å²) in [6.45, 7) is 2.39. The number of rotatable bonds is 6. The van der Waals surface area contributed by atoms with Gasteiger partial charge in [-0.2, -0.15) is 0 Å². The molecule has 0 bridgehead atoms. The molecule has 0 aromatic heterocycles. The minimum Gasteiger partial charge on any atom is -0.321 e. The molecule has 1 atom stereocenters. The molecule has 0 rings (SSSR count). The normalized spacial score (nSPS) is 15.3. The predicted octanol–water partition coefficient (Wildman–Crippen LogP) is 2.19. The van der Waals surface area contributed by atoms with Crippen LogP contribution < -0.4 is 0 Å². The third-order valence-electron chi connectivity index (χ3n) is 2.01. The lowest BCUT2D eigenvalue weighted by Crippen LogP contribution is -2.16. The van der Waals surface area contributed by atoms with E-state index in [0.717, 1.165) is 25.8 Å². The summed E-state index contributed by atoms with van der Waals surface area (Å²) >= 11 is 0. The molecule has 0 fully saturated rings. The molecule has 3 nitrogen and oxygen atoms in total. The summed E-state index contributed by atoms with van der Waals surface area (Å²) in [5.74, 6) is 2.58. The van der Waals surface area contributed by atoms with E-state index in [9.17, 15) is 4.57 Å². The molecule has 0 radical (unpaired) electrons. The van der Waals surface area contributed by atoms with Crippen molar-refractivity contribution in [3.63, 3.8) is 0 Å². The highest BCUT2D eigenvalue weighted by Gasteiger charge is 2.19. The molecule has 1 unspecified atom stereocenters. The van der Waals surface area contributed by atoms with Crippen LogP contribution >= 0.6 is 7.52 Å². The summed E-state index contributed by atoms with van der Waals surface area (Å²) in [7, 11) is 0.745. The maximum atomic E-state index is 11.6. The van der Waals surface area contributed by atoms with Gasteiger partial charge in [-0.1, -0.05) is 0 Å². The van der Waals surface area contributed by atoms with Crippen molar-refractivity contribution in [3.05, 3.63) is 0 Å². The second kappa shape index (κ2) is 6.21. The van der Waals surface area contributed by atoms with E-state index in [1.807, 2.05) is 0 Å². The third kappa shape index (κ3) is 5.10. The van der Waals surface area contributed by atoms with Crippen molar-refractivity contribution in [1.29, 1.82) is 0 Å². The molecule has 0 aromatic rings. The topological polar surface area (TPSA) is 29.5 Å². The molecule has 0 spiro atoms. The van der Waals surface area contributed by atoms with Gasteiger partial charge in [-0.15, -0.1) is 12.3 Å². The zero-order valence-electron chi connectivity index (χ0n) is 8.62. The highest BCUT2D eigenvalue weighted by molar-refractivity contribution is 7.55. The van der Waals surface area contributed by atoms with Gasteiger partial charge in [-0.05, 0) is 19.9 Å². The van der Waals surface area contributed by atoms with Gasteiger partial charge in [0.15, 0.2) is 0 Å². The minimum absolute atomic E-state index is 0.767. The Labute approximate surface area is 81.0 Å². The lowest BCUT2D eigenvalue weighted by molar-refractivity contribution is 0.330. The number of terminal acetylenes is 1. The van der Waals surface area contributed by atoms with E-state index < -0.39 is 7.52 Å². The average Bonchev–Trinajstić information content (AvgIpc) is 2.12. The molecule has 4 heteroatoms. The van der Waals surface area contributed by atoms with Crippen LogP contribution in [0.4, 0.5) is 0 Å². The Morgan fingerprint density at radius 3 is 2.62 bits per heavy atom. The first-order chi connectivity index (χ1) is 6.04. The Morgan fingerprint density at radius 2 is 2.15 bits per heavy atom. The van der Waals surface area contributed by atoms with E-state index in [1.165, 1.54) is 7.11 Å². The quantitative estimate of drug-likeness (QED) is 0.376. The molecule has 76 valence electrons. The van der Waals surface area contributed by atoms with Crippen molar-refractivity contribution in [1.82, 2.24) is 4.67 Å². The molecule has 0 aromatic carbocycles. The Balaban J connectivity index is 3.69. The molecular weight excluding hydrogens is 185 g/mol. The second-order valence-electron chi connectivity index (χ2n) is 3.03. The summed E-state index contributed by atoms with van der Waals surface area (Å²) in [5, 5.41) is 0. The fourth-order valence-corrected chi connectivity index (χ4v) is 1.67. The van der Waals surface area contributed by atoms with Crippen LogP contribution in [0, 0.1) is 12.3 Å². The first kappa shape index (κ1) is 12.7. The van der Waals surface area contributed by atoms with Gasteiger partial charge in [0.05, 0.1) is 0 Å². The van der Waals surface area contributed by atoms with E-state index in [0.29, 0.717) is 0 Å². The minimum atomic E-state index is -2.53. The van der Waals surface area contributed by atoms with E-state index in [-0.39, 0.29) is 0 Å². The second-order valence-corrected chi connectivity index (χ2v) is 5.68. The SMILES string of the molecule is C#CCCCCN(C)P(C)(=O)OC. The summed E-state index contributed by atoms with van der Waals surface area (Å²) in [6, 6.07) is 0. The van der Waals surface area contributed by atoms with Crippen LogP contribution in [-0.4, -0.2) is 32.0 Å². The zero-order chi connectivity index (χ0) is 10.3. The highest BCUT2D eigenvalue weighted by Crippen LogP contribution is 2.44. The summed E-state index contributed by atoms with van der Waals surface area (Å²) in [5.41, 5.74) is 0. The Bertz CT molecular complexity index is 222. The van der Waals surface area contributed by atoms with E-state index in [4.69, 9.17) is 10.9 Å². The van der Waals surface area contributed by atoms with Gasteiger partial charge < -0.3 is 4.52 Å².